The van der Waals surface area contributed by atoms with Crippen molar-refractivity contribution < 1.29 is 0 Å². The Balaban J connectivity index is 2.77. The van der Waals surface area contributed by atoms with Crippen LogP contribution in [-0.4, -0.2) is 6.54 Å². The Morgan fingerprint density at radius 1 is 1.25 bits per heavy atom. The van der Waals surface area contributed by atoms with Gasteiger partial charge in [-0.15, -0.1) is 0 Å². The number of hydrogen-bond acceptors (Lipinski definition) is 1. The second-order valence-electron chi connectivity index (χ2n) is 5.09. The van der Waals surface area contributed by atoms with Crippen LogP contribution in [0.25, 0.3) is 0 Å². The van der Waals surface area contributed by atoms with Gasteiger partial charge in [0.05, 0.1) is 0 Å². The summed E-state index contributed by atoms with van der Waals surface area (Å²) in [6, 6.07) is 8.43. The van der Waals surface area contributed by atoms with Crippen LogP contribution in [0.4, 0.5) is 0 Å². The molecule has 0 aromatic heterocycles. The fraction of sp³-hybridized carbons (Fsp3) is 0.467. The van der Waals surface area contributed by atoms with Crippen molar-refractivity contribution in [2.45, 2.75) is 33.6 Å². The van der Waals surface area contributed by atoms with Crippen LogP contribution in [0.1, 0.15) is 38.3 Å². The molecule has 0 unspecified atom stereocenters. The lowest BCUT2D eigenvalue weighted by Crippen LogP contribution is -2.00. The summed E-state index contributed by atoms with van der Waals surface area (Å²) >= 11 is 0. The van der Waals surface area contributed by atoms with Gasteiger partial charge in [-0.3, -0.25) is 0 Å². The molecule has 0 aliphatic heterocycles. The highest BCUT2D eigenvalue weighted by Gasteiger charge is 2.03. The van der Waals surface area contributed by atoms with Gasteiger partial charge in [-0.1, -0.05) is 24.0 Å². The Hall–Kier alpha value is -1.26. The van der Waals surface area contributed by atoms with Crippen LogP contribution in [-0.2, 0) is 6.42 Å². The number of rotatable bonds is 3. The number of hydrogen-bond donors (Lipinski definition) is 1. The average molecular weight is 215 g/mol. The molecular formula is C15H21N. The van der Waals surface area contributed by atoms with E-state index in [1.54, 1.807) is 0 Å². The summed E-state index contributed by atoms with van der Waals surface area (Å²) in [5.74, 6) is 6.47. The highest BCUT2D eigenvalue weighted by atomic mass is 14.5. The highest BCUT2D eigenvalue weighted by molar-refractivity contribution is 5.38. The van der Waals surface area contributed by atoms with E-state index in [4.69, 9.17) is 5.73 Å². The van der Waals surface area contributed by atoms with Crippen LogP contribution < -0.4 is 5.73 Å². The van der Waals surface area contributed by atoms with Crippen molar-refractivity contribution in [2.75, 3.05) is 6.54 Å². The van der Waals surface area contributed by atoms with Gasteiger partial charge < -0.3 is 5.73 Å². The molecule has 1 rings (SSSR count). The Bertz CT molecular complexity index is 388. The highest BCUT2D eigenvalue weighted by Crippen LogP contribution is 2.12. The van der Waals surface area contributed by atoms with Crippen molar-refractivity contribution in [3.05, 3.63) is 35.4 Å². The minimum Gasteiger partial charge on any atom is -0.330 e. The fourth-order valence-electron chi connectivity index (χ4n) is 1.37. The fourth-order valence-corrected chi connectivity index (χ4v) is 1.37. The first kappa shape index (κ1) is 12.8. The van der Waals surface area contributed by atoms with Gasteiger partial charge in [-0.05, 0) is 57.9 Å². The van der Waals surface area contributed by atoms with Crippen molar-refractivity contribution in [3.8, 4) is 11.8 Å². The number of nitrogens with two attached hydrogens (primary N) is 1. The minimum atomic E-state index is 0.0628. The smallest absolute Gasteiger partial charge is 0.0248 e. The zero-order valence-corrected chi connectivity index (χ0v) is 10.5. The summed E-state index contributed by atoms with van der Waals surface area (Å²) in [6.45, 7) is 7.12. The molecule has 0 saturated carbocycles. The first-order valence-corrected chi connectivity index (χ1v) is 5.83. The normalized spacial score (nSPS) is 10.8. The van der Waals surface area contributed by atoms with Gasteiger partial charge in [-0.2, -0.15) is 0 Å². The Labute approximate surface area is 99.1 Å². The third-order valence-electron chi connectivity index (χ3n) is 2.18. The summed E-state index contributed by atoms with van der Waals surface area (Å²) in [7, 11) is 0. The van der Waals surface area contributed by atoms with Crippen molar-refractivity contribution >= 4 is 0 Å². The maximum absolute atomic E-state index is 5.50. The Morgan fingerprint density at radius 3 is 2.62 bits per heavy atom. The molecule has 1 nitrogen and oxygen atoms in total. The lowest BCUT2D eigenvalue weighted by molar-refractivity contribution is 0.571. The summed E-state index contributed by atoms with van der Waals surface area (Å²) in [5.41, 5.74) is 7.99. The van der Waals surface area contributed by atoms with Crippen LogP contribution in [0.5, 0.6) is 0 Å². The molecule has 1 heteroatoms. The monoisotopic (exact) mass is 215 g/mol. The predicted octanol–water partition coefficient (Wildman–Crippen LogP) is 2.98. The molecule has 1 aromatic carbocycles. The molecule has 0 amide bonds. The van der Waals surface area contributed by atoms with E-state index in [0.717, 1.165) is 24.9 Å². The van der Waals surface area contributed by atoms with Crippen LogP contribution >= 0.6 is 0 Å². The van der Waals surface area contributed by atoms with E-state index in [2.05, 4.69) is 56.9 Å². The van der Waals surface area contributed by atoms with E-state index in [-0.39, 0.29) is 5.41 Å². The molecule has 0 bridgehead atoms. The van der Waals surface area contributed by atoms with Gasteiger partial charge in [0.2, 0.25) is 0 Å². The number of benzene rings is 1. The van der Waals surface area contributed by atoms with Crippen LogP contribution in [0.2, 0.25) is 0 Å². The lowest BCUT2D eigenvalue weighted by Gasteiger charge is -2.07. The maximum atomic E-state index is 5.50. The van der Waals surface area contributed by atoms with E-state index in [1.807, 2.05) is 0 Å². The van der Waals surface area contributed by atoms with Gasteiger partial charge >= 0.3 is 0 Å². The van der Waals surface area contributed by atoms with Gasteiger partial charge in [0.1, 0.15) is 0 Å². The van der Waals surface area contributed by atoms with E-state index < -0.39 is 0 Å². The van der Waals surface area contributed by atoms with Gasteiger partial charge in [0, 0.05) is 11.0 Å². The second kappa shape index (κ2) is 5.72. The average Bonchev–Trinajstić information content (AvgIpc) is 2.23. The molecule has 0 heterocycles. The van der Waals surface area contributed by atoms with E-state index in [1.165, 1.54) is 5.56 Å². The molecule has 0 fully saturated rings. The van der Waals surface area contributed by atoms with E-state index in [9.17, 15) is 0 Å². The standard InChI is InChI=1S/C15H21N/c1-15(2,3)10-9-14-7-4-6-13(12-14)8-5-11-16/h4,6-7,12H,5,8,11,16H2,1-3H3. The van der Waals surface area contributed by atoms with Gasteiger partial charge in [0.25, 0.3) is 0 Å². The summed E-state index contributed by atoms with van der Waals surface area (Å²) in [6.07, 6.45) is 2.08. The number of aryl methyl sites for hydroxylation is 1. The van der Waals surface area contributed by atoms with Gasteiger partial charge in [-0.25, -0.2) is 0 Å². The van der Waals surface area contributed by atoms with Crippen LogP contribution in [0.15, 0.2) is 24.3 Å². The molecule has 0 aliphatic rings. The molecule has 1 aromatic rings. The zero-order valence-electron chi connectivity index (χ0n) is 10.5. The lowest BCUT2D eigenvalue weighted by atomic mass is 9.97. The summed E-state index contributed by atoms with van der Waals surface area (Å²) in [4.78, 5) is 0. The summed E-state index contributed by atoms with van der Waals surface area (Å²) < 4.78 is 0. The molecule has 0 radical (unpaired) electrons. The molecule has 0 spiro atoms. The zero-order chi connectivity index (χ0) is 12.0. The second-order valence-corrected chi connectivity index (χ2v) is 5.09. The van der Waals surface area contributed by atoms with E-state index in [0.29, 0.717) is 0 Å². The molecule has 86 valence electrons. The van der Waals surface area contributed by atoms with Crippen molar-refractivity contribution in [3.63, 3.8) is 0 Å². The molecule has 16 heavy (non-hydrogen) atoms. The van der Waals surface area contributed by atoms with Crippen LogP contribution in [0, 0.1) is 17.3 Å². The van der Waals surface area contributed by atoms with E-state index >= 15 is 0 Å². The SMILES string of the molecule is CC(C)(C)C#Cc1cccc(CCCN)c1. The molecule has 2 N–H and O–H groups in total. The molecular weight excluding hydrogens is 194 g/mol. The van der Waals surface area contributed by atoms with Gasteiger partial charge in [0.15, 0.2) is 0 Å². The third-order valence-corrected chi connectivity index (χ3v) is 2.18. The Morgan fingerprint density at radius 2 is 2.00 bits per heavy atom. The minimum absolute atomic E-state index is 0.0628. The Kier molecular flexibility index (Phi) is 4.58. The third kappa shape index (κ3) is 5.00. The van der Waals surface area contributed by atoms with Crippen molar-refractivity contribution in [2.24, 2.45) is 11.1 Å². The van der Waals surface area contributed by atoms with Crippen molar-refractivity contribution in [1.82, 2.24) is 0 Å². The van der Waals surface area contributed by atoms with Crippen molar-refractivity contribution in [1.29, 1.82) is 0 Å². The first-order chi connectivity index (χ1) is 7.51. The topological polar surface area (TPSA) is 26.0 Å². The molecule has 0 atom stereocenters. The largest absolute Gasteiger partial charge is 0.330 e. The quantitative estimate of drug-likeness (QED) is 0.771. The predicted molar refractivity (Wildman–Crippen MR) is 70.2 cm³/mol. The maximum Gasteiger partial charge on any atom is 0.0248 e. The first-order valence-electron chi connectivity index (χ1n) is 5.83. The molecule has 0 saturated heterocycles. The molecule has 0 aliphatic carbocycles. The van der Waals surface area contributed by atoms with Crippen LogP contribution in [0.3, 0.4) is 0 Å². The summed E-state index contributed by atoms with van der Waals surface area (Å²) in [5, 5.41) is 0.